The summed E-state index contributed by atoms with van der Waals surface area (Å²) in [6.07, 6.45) is 2.13. The van der Waals surface area contributed by atoms with Crippen molar-refractivity contribution in [3.8, 4) is 0 Å². The topological polar surface area (TPSA) is 93.1 Å². The van der Waals surface area contributed by atoms with Crippen molar-refractivity contribution in [2.45, 2.75) is 70.4 Å². The van der Waals surface area contributed by atoms with Crippen molar-refractivity contribution in [1.82, 2.24) is 0 Å². The number of aliphatic hydroxyl groups is 1. The van der Waals surface area contributed by atoms with Gasteiger partial charge in [-0.15, -0.1) is 0 Å². The molecule has 2 aliphatic rings. The summed E-state index contributed by atoms with van der Waals surface area (Å²) in [5, 5.41) is 18.6. The Morgan fingerprint density at radius 2 is 1.86 bits per heavy atom. The standard InChI is InChI=1S/C15H24O6/c1-2-9-3-5-10(6-4-9)15(19)21-13-8-11(16)7-12(20-13)14(17)18/h9-13,16H,2-8H2,1H3,(H,17,18)/t9?,10?,11-,12-,13?/m0/s1. The van der Waals surface area contributed by atoms with Crippen LogP contribution in [-0.4, -0.2) is 40.6 Å². The van der Waals surface area contributed by atoms with Gasteiger partial charge in [0.15, 0.2) is 6.10 Å². The van der Waals surface area contributed by atoms with E-state index >= 15 is 0 Å². The molecule has 1 saturated carbocycles. The molecule has 0 spiro atoms. The minimum atomic E-state index is -1.14. The van der Waals surface area contributed by atoms with E-state index in [1.807, 2.05) is 0 Å². The maximum absolute atomic E-state index is 12.1. The quantitative estimate of drug-likeness (QED) is 0.768. The van der Waals surface area contributed by atoms with E-state index in [-0.39, 0.29) is 24.7 Å². The molecule has 6 heteroatoms. The van der Waals surface area contributed by atoms with E-state index in [9.17, 15) is 14.7 Å². The number of carbonyl (C=O) groups excluding carboxylic acids is 1. The molecule has 0 bridgehead atoms. The number of hydrogen-bond acceptors (Lipinski definition) is 5. The Bertz CT molecular complexity index is 374. The smallest absolute Gasteiger partial charge is 0.333 e. The SMILES string of the molecule is CCC1CCC(C(=O)OC2C[C@@H](O)C[C@@H](C(=O)O)O2)CC1. The predicted octanol–water partition coefficient (Wildman–Crippen LogP) is 1.70. The van der Waals surface area contributed by atoms with Gasteiger partial charge in [-0.05, 0) is 31.6 Å². The molecule has 1 aliphatic heterocycles. The maximum Gasteiger partial charge on any atom is 0.333 e. The zero-order chi connectivity index (χ0) is 15.4. The number of esters is 1. The van der Waals surface area contributed by atoms with Crippen LogP contribution in [0.1, 0.15) is 51.9 Å². The first-order chi connectivity index (χ1) is 9.99. The zero-order valence-corrected chi connectivity index (χ0v) is 12.4. The first-order valence-corrected chi connectivity index (χ1v) is 7.76. The van der Waals surface area contributed by atoms with E-state index in [0.29, 0.717) is 5.92 Å². The van der Waals surface area contributed by atoms with E-state index in [0.717, 1.165) is 32.1 Å². The Labute approximate surface area is 124 Å². The highest BCUT2D eigenvalue weighted by Crippen LogP contribution is 2.32. The second kappa shape index (κ2) is 7.22. The van der Waals surface area contributed by atoms with Crippen molar-refractivity contribution in [1.29, 1.82) is 0 Å². The lowest BCUT2D eigenvalue weighted by atomic mass is 9.81. The van der Waals surface area contributed by atoms with Gasteiger partial charge in [-0.3, -0.25) is 4.79 Å². The lowest BCUT2D eigenvalue weighted by molar-refractivity contribution is -0.225. The molecule has 21 heavy (non-hydrogen) atoms. The average Bonchev–Trinajstić information content (AvgIpc) is 2.46. The maximum atomic E-state index is 12.1. The molecule has 0 aromatic heterocycles. The summed E-state index contributed by atoms with van der Waals surface area (Å²) >= 11 is 0. The molecule has 0 aromatic rings. The summed E-state index contributed by atoms with van der Waals surface area (Å²) in [5.41, 5.74) is 0. The van der Waals surface area contributed by atoms with Gasteiger partial charge in [0.25, 0.3) is 0 Å². The first-order valence-electron chi connectivity index (χ1n) is 7.76. The Kier molecular flexibility index (Phi) is 5.58. The van der Waals surface area contributed by atoms with Crippen molar-refractivity contribution in [2.24, 2.45) is 11.8 Å². The predicted molar refractivity (Wildman–Crippen MR) is 73.4 cm³/mol. The van der Waals surface area contributed by atoms with Gasteiger partial charge in [-0.25, -0.2) is 4.79 Å². The lowest BCUT2D eigenvalue weighted by Gasteiger charge is -2.32. The summed E-state index contributed by atoms with van der Waals surface area (Å²) in [7, 11) is 0. The van der Waals surface area contributed by atoms with Gasteiger partial charge < -0.3 is 19.7 Å². The molecular formula is C15H24O6. The average molecular weight is 300 g/mol. The van der Waals surface area contributed by atoms with Crippen LogP contribution in [0.25, 0.3) is 0 Å². The Balaban J connectivity index is 1.83. The normalized spacial score (nSPS) is 37.0. The number of ether oxygens (including phenoxy) is 2. The molecule has 3 atom stereocenters. The summed E-state index contributed by atoms with van der Waals surface area (Å²) in [5.74, 6) is -0.900. The van der Waals surface area contributed by atoms with Crippen LogP contribution >= 0.6 is 0 Å². The molecule has 1 unspecified atom stereocenters. The molecule has 2 fully saturated rings. The van der Waals surface area contributed by atoms with E-state index in [1.54, 1.807) is 0 Å². The number of rotatable bonds is 4. The highest BCUT2D eigenvalue weighted by Gasteiger charge is 2.36. The molecule has 1 heterocycles. The highest BCUT2D eigenvalue weighted by atomic mass is 16.7. The van der Waals surface area contributed by atoms with Gasteiger partial charge in [-0.1, -0.05) is 13.3 Å². The van der Waals surface area contributed by atoms with E-state index < -0.39 is 24.5 Å². The molecule has 6 nitrogen and oxygen atoms in total. The van der Waals surface area contributed by atoms with Gasteiger partial charge >= 0.3 is 11.9 Å². The third-order valence-electron chi connectivity index (χ3n) is 4.55. The van der Waals surface area contributed by atoms with Crippen molar-refractivity contribution in [2.75, 3.05) is 0 Å². The van der Waals surface area contributed by atoms with Crippen LogP contribution in [-0.2, 0) is 19.1 Å². The van der Waals surface area contributed by atoms with Crippen molar-refractivity contribution < 1.29 is 29.3 Å². The van der Waals surface area contributed by atoms with Crippen LogP contribution in [0.5, 0.6) is 0 Å². The molecular weight excluding hydrogens is 276 g/mol. The fourth-order valence-electron chi connectivity index (χ4n) is 3.13. The van der Waals surface area contributed by atoms with Crippen LogP contribution in [0.3, 0.4) is 0 Å². The molecule has 0 amide bonds. The third-order valence-corrected chi connectivity index (χ3v) is 4.55. The molecule has 2 N–H and O–H groups in total. The summed E-state index contributed by atoms with van der Waals surface area (Å²) in [4.78, 5) is 23.0. The van der Waals surface area contributed by atoms with Crippen molar-refractivity contribution in [3.63, 3.8) is 0 Å². The number of hydrogen-bond donors (Lipinski definition) is 2. The number of carbonyl (C=O) groups is 2. The van der Waals surface area contributed by atoms with E-state index in [4.69, 9.17) is 14.6 Å². The third kappa shape index (κ3) is 4.41. The molecule has 1 aliphatic carbocycles. The number of aliphatic carboxylic acids is 1. The van der Waals surface area contributed by atoms with Crippen LogP contribution in [0.15, 0.2) is 0 Å². The minimum absolute atomic E-state index is 0.0327. The monoisotopic (exact) mass is 300 g/mol. The number of carboxylic acids is 1. The summed E-state index contributed by atoms with van der Waals surface area (Å²) in [6, 6.07) is 0. The Morgan fingerprint density at radius 1 is 1.19 bits per heavy atom. The molecule has 0 aromatic carbocycles. The molecule has 120 valence electrons. The number of carboxylic acid groups (broad SMARTS) is 1. The minimum Gasteiger partial charge on any atom is -0.479 e. The van der Waals surface area contributed by atoms with Crippen molar-refractivity contribution >= 4 is 11.9 Å². The van der Waals surface area contributed by atoms with Gasteiger partial charge in [0.2, 0.25) is 6.29 Å². The van der Waals surface area contributed by atoms with Crippen LogP contribution < -0.4 is 0 Å². The fraction of sp³-hybridized carbons (Fsp3) is 0.867. The highest BCUT2D eigenvalue weighted by molar-refractivity contribution is 5.73. The zero-order valence-electron chi connectivity index (χ0n) is 12.4. The number of aliphatic hydroxyl groups excluding tert-OH is 1. The van der Waals surface area contributed by atoms with Gasteiger partial charge in [0.05, 0.1) is 12.0 Å². The van der Waals surface area contributed by atoms with E-state index in [1.165, 1.54) is 0 Å². The lowest BCUT2D eigenvalue weighted by Crippen LogP contribution is -2.42. The fourth-order valence-corrected chi connectivity index (χ4v) is 3.13. The van der Waals surface area contributed by atoms with Crippen LogP contribution in [0.2, 0.25) is 0 Å². The second-order valence-corrected chi connectivity index (χ2v) is 6.08. The van der Waals surface area contributed by atoms with Crippen LogP contribution in [0, 0.1) is 11.8 Å². The molecule has 0 radical (unpaired) electrons. The van der Waals surface area contributed by atoms with Gasteiger partial charge in [-0.2, -0.15) is 0 Å². The van der Waals surface area contributed by atoms with E-state index in [2.05, 4.69) is 6.92 Å². The Morgan fingerprint density at radius 3 is 2.43 bits per heavy atom. The molecule has 1 saturated heterocycles. The Hall–Kier alpha value is -1.14. The summed E-state index contributed by atoms with van der Waals surface area (Å²) < 4.78 is 10.5. The van der Waals surface area contributed by atoms with Crippen molar-refractivity contribution in [3.05, 3.63) is 0 Å². The summed E-state index contributed by atoms with van der Waals surface area (Å²) in [6.45, 7) is 2.16. The largest absolute Gasteiger partial charge is 0.479 e. The molecule has 2 rings (SSSR count). The van der Waals surface area contributed by atoms with Gasteiger partial charge in [0, 0.05) is 12.8 Å². The van der Waals surface area contributed by atoms with Crippen LogP contribution in [0.4, 0.5) is 0 Å². The second-order valence-electron chi connectivity index (χ2n) is 6.08. The first kappa shape index (κ1) is 16.2. The van der Waals surface area contributed by atoms with Gasteiger partial charge in [0.1, 0.15) is 0 Å².